The van der Waals surface area contributed by atoms with Crippen LogP contribution in [-0.4, -0.2) is 23.3 Å². The average molecular weight is 201 g/mol. The molecule has 0 N–H and O–H groups in total. The van der Waals surface area contributed by atoms with Crippen LogP contribution in [0.3, 0.4) is 0 Å². The van der Waals surface area contributed by atoms with Crippen LogP contribution in [-0.2, 0) is 11.3 Å². The molecular weight excluding hydrogens is 186 g/mol. The number of likely N-dealkylation sites (tertiary alicyclic amines) is 1. The lowest BCUT2D eigenvalue weighted by Gasteiger charge is -2.25. The Morgan fingerprint density at radius 1 is 1.27 bits per heavy atom. The molecule has 2 fully saturated rings. The van der Waals surface area contributed by atoms with E-state index < -0.39 is 0 Å². The van der Waals surface area contributed by atoms with Gasteiger partial charge in [0.15, 0.2) is 0 Å². The number of Topliss-reactive ketones (excluding diaryl/α,β-unsaturated/α-hetero) is 1. The van der Waals surface area contributed by atoms with E-state index in [1.165, 1.54) is 5.56 Å². The van der Waals surface area contributed by atoms with Crippen LogP contribution < -0.4 is 0 Å². The highest BCUT2D eigenvalue weighted by Gasteiger charge is 2.43. The quantitative estimate of drug-likeness (QED) is 0.727. The summed E-state index contributed by atoms with van der Waals surface area (Å²) in [7, 11) is 0. The molecular formula is C13H15NO. The van der Waals surface area contributed by atoms with E-state index in [0.717, 1.165) is 25.9 Å². The van der Waals surface area contributed by atoms with Crippen LogP contribution in [0.5, 0.6) is 0 Å². The van der Waals surface area contributed by atoms with Gasteiger partial charge in [-0.1, -0.05) is 30.3 Å². The molecule has 0 aromatic heterocycles. The van der Waals surface area contributed by atoms with E-state index >= 15 is 0 Å². The second-order valence-corrected chi connectivity index (χ2v) is 4.70. The fourth-order valence-corrected chi connectivity index (χ4v) is 2.89. The van der Waals surface area contributed by atoms with Crippen molar-refractivity contribution in [3.8, 4) is 0 Å². The van der Waals surface area contributed by atoms with Gasteiger partial charge in [0.05, 0.1) is 6.04 Å². The molecule has 2 bridgehead atoms. The third-order valence-corrected chi connectivity index (χ3v) is 3.58. The zero-order valence-electron chi connectivity index (χ0n) is 8.73. The molecule has 1 saturated carbocycles. The van der Waals surface area contributed by atoms with E-state index in [0.29, 0.717) is 11.7 Å². The highest BCUT2D eigenvalue weighted by molar-refractivity contribution is 5.87. The minimum absolute atomic E-state index is 0.232. The lowest BCUT2D eigenvalue weighted by atomic mass is 10.1. The molecule has 1 aliphatic heterocycles. The molecule has 3 rings (SSSR count). The summed E-state index contributed by atoms with van der Waals surface area (Å²) < 4.78 is 0. The minimum Gasteiger partial charge on any atom is -0.298 e. The Morgan fingerprint density at radius 3 is 2.73 bits per heavy atom. The Kier molecular flexibility index (Phi) is 2.10. The maximum absolute atomic E-state index is 11.6. The molecule has 2 heteroatoms. The molecule has 15 heavy (non-hydrogen) atoms. The van der Waals surface area contributed by atoms with Crippen molar-refractivity contribution < 1.29 is 4.79 Å². The van der Waals surface area contributed by atoms with Crippen LogP contribution in [0.2, 0.25) is 0 Å². The number of hydrogen-bond acceptors (Lipinski definition) is 2. The van der Waals surface area contributed by atoms with Gasteiger partial charge in [-0.05, 0) is 17.9 Å². The first-order valence-corrected chi connectivity index (χ1v) is 5.63. The first-order valence-electron chi connectivity index (χ1n) is 5.63. The number of piperidine rings is 1. The number of fused-ring (bicyclic) bond motifs is 2. The van der Waals surface area contributed by atoms with E-state index in [4.69, 9.17) is 0 Å². The number of hydrogen-bond donors (Lipinski definition) is 0. The van der Waals surface area contributed by atoms with Gasteiger partial charge in [-0.25, -0.2) is 0 Å². The van der Waals surface area contributed by atoms with E-state index in [-0.39, 0.29) is 6.04 Å². The van der Waals surface area contributed by atoms with Gasteiger partial charge < -0.3 is 0 Å². The summed E-state index contributed by atoms with van der Waals surface area (Å²) in [5.41, 5.74) is 1.32. The van der Waals surface area contributed by atoms with Crippen LogP contribution in [0.15, 0.2) is 30.3 Å². The molecule has 1 heterocycles. The van der Waals surface area contributed by atoms with Gasteiger partial charge in [0.2, 0.25) is 0 Å². The normalized spacial score (nSPS) is 30.0. The third-order valence-electron chi connectivity index (χ3n) is 3.58. The number of ketones is 1. The highest BCUT2D eigenvalue weighted by Crippen LogP contribution is 2.35. The third kappa shape index (κ3) is 1.59. The van der Waals surface area contributed by atoms with Crippen molar-refractivity contribution in [3.05, 3.63) is 35.9 Å². The number of nitrogens with zero attached hydrogens (tertiary/aromatic N) is 1. The molecule has 2 nitrogen and oxygen atoms in total. The second kappa shape index (κ2) is 3.46. The summed E-state index contributed by atoms with van der Waals surface area (Å²) in [5, 5.41) is 0. The first kappa shape index (κ1) is 9.10. The molecule has 0 amide bonds. The number of carbonyl (C=O) groups excluding carboxylic acids is 1. The molecule has 2 aliphatic rings. The van der Waals surface area contributed by atoms with Crippen molar-refractivity contribution in [2.75, 3.05) is 6.54 Å². The summed E-state index contributed by atoms with van der Waals surface area (Å²) in [4.78, 5) is 13.9. The standard InChI is InChI=1S/C13H15NO/c15-13-7-11-6-12(13)14(9-11)8-10-4-2-1-3-5-10/h1-5,11-12H,6-9H2/t11-,12-/m1/s1. The van der Waals surface area contributed by atoms with Gasteiger partial charge in [0.25, 0.3) is 0 Å². The zero-order chi connectivity index (χ0) is 10.3. The maximum atomic E-state index is 11.6. The molecule has 0 spiro atoms. The summed E-state index contributed by atoms with van der Waals surface area (Å²) in [6.45, 7) is 2.05. The van der Waals surface area contributed by atoms with Gasteiger partial charge in [0, 0.05) is 19.5 Å². The van der Waals surface area contributed by atoms with Crippen LogP contribution in [0.4, 0.5) is 0 Å². The Morgan fingerprint density at radius 2 is 2.07 bits per heavy atom. The summed E-state index contributed by atoms with van der Waals surface area (Å²) in [5.74, 6) is 1.10. The summed E-state index contributed by atoms with van der Waals surface area (Å²) >= 11 is 0. The van der Waals surface area contributed by atoms with Gasteiger partial charge in [0.1, 0.15) is 5.78 Å². The Bertz CT molecular complexity index is 373. The van der Waals surface area contributed by atoms with Crippen molar-refractivity contribution >= 4 is 5.78 Å². The lowest BCUT2D eigenvalue weighted by Crippen LogP contribution is -2.37. The molecule has 1 aromatic rings. The fraction of sp³-hybridized carbons (Fsp3) is 0.462. The molecule has 1 aliphatic carbocycles. The predicted molar refractivity (Wildman–Crippen MR) is 58.4 cm³/mol. The molecule has 2 atom stereocenters. The Balaban J connectivity index is 1.73. The summed E-state index contributed by atoms with van der Waals surface area (Å²) in [6.07, 6.45) is 1.93. The van der Waals surface area contributed by atoms with Gasteiger partial charge in [-0.2, -0.15) is 0 Å². The van der Waals surface area contributed by atoms with Crippen LogP contribution in [0.1, 0.15) is 18.4 Å². The van der Waals surface area contributed by atoms with Gasteiger partial charge in [-0.15, -0.1) is 0 Å². The Labute approximate surface area is 89.9 Å². The molecule has 1 saturated heterocycles. The monoisotopic (exact) mass is 201 g/mol. The van der Waals surface area contributed by atoms with E-state index in [2.05, 4.69) is 29.2 Å². The average Bonchev–Trinajstić information content (AvgIpc) is 2.77. The SMILES string of the molecule is O=C1C[C@H]2C[C@H]1N(Cc1ccccc1)C2. The highest BCUT2D eigenvalue weighted by atomic mass is 16.1. The molecule has 0 unspecified atom stereocenters. The van der Waals surface area contributed by atoms with Crippen molar-refractivity contribution in [1.29, 1.82) is 0 Å². The maximum Gasteiger partial charge on any atom is 0.150 e. The largest absolute Gasteiger partial charge is 0.298 e. The van der Waals surface area contributed by atoms with Gasteiger partial charge in [-0.3, -0.25) is 9.69 Å². The minimum atomic E-state index is 0.232. The van der Waals surface area contributed by atoms with Crippen LogP contribution in [0, 0.1) is 5.92 Å². The van der Waals surface area contributed by atoms with Crippen molar-refractivity contribution in [3.63, 3.8) is 0 Å². The van der Waals surface area contributed by atoms with Crippen molar-refractivity contribution in [1.82, 2.24) is 4.90 Å². The molecule has 1 aromatic carbocycles. The molecule has 78 valence electrons. The fourth-order valence-electron chi connectivity index (χ4n) is 2.89. The number of benzene rings is 1. The first-order chi connectivity index (χ1) is 7.33. The van der Waals surface area contributed by atoms with Crippen molar-refractivity contribution in [2.24, 2.45) is 5.92 Å². The van der Waals surface area contributed by atoms with Crippen LogP contribution >= 0.6 is 0 Å². The lowest BCUT2D eigenvalue weighted by molar-refractivity contribution is -0.123. The topological polar surface area (TPSA) is 20.3 Å². The zero-order valence-corrected chi connectivity index (χ0v) is 8.73. The number of carbonyl (C=O) groups is 1. The van der Waals surface area contributed by atoms with E-state index in [1.807, 2.05) is 6.07 Å². The van der Waals surface area contributed by atoms with E-state index in [1.54, 1.807) is 0 Å². The predicted octanol–water partition coefficient (Wildman–Crippen LogP) is 1.85. The smallest absolute Gasteiger partial charge is 0.150 e. The van der Waals surface area contributed by atoms with Crippen LogP contribution in [0.25, 0.3) is 0 Å². The van der Waals surface area contributed by atoms with Gasteiger partial charge >= 0.3 is 0 Å². The second-order valence-electron chi connectivity index (χ2n) is 4.70. The van der Waals surface area contributed by atoms with E-state index in [9.17, 15) is 4.79 Å². The summed E-state index contributed by atoms with van der Waals surface area (Å²) in [6, 6.07) is 10.7. The Hall–Kier alpha value is -1.15. The van der Waals surface area contributed by atoms with Crippen molar-refractivity contribution in [2.45, 2.75) is 25.4 Å². The molecule has 0 radical (unpaired) electrons. The number of rotatable bonds is 2.